The van der Waals surface area contributed by atoms with E-state index in [4.69, 9.17) is 4.74 Å². The second-order valence-corrected chi connectivity index (χ2v) is 14.0. The quantitative estimate of drug-likeness (QED) is 0.0678. The number of hydrogen-bond donors (Lipinski definition) is 4. The van der Waals surface area contributed by atoms with Crippen molar-refractivity contribution in [3.63, 3.8) is 0 Å². The number of esters is 1. The van der Waals surface area contributed by atoms with E-state index in [0.29, 0.717) is 25.9 Å². The number of terminal acetylenes is 1. The molecule has 4 N–H and O–H groups in total. The SMILES string of the molecule is C#C.C1CCCCC1.CC.CC.CC1CCCN1C(=O)C(NC(=O)NCC(=O)OCc1ccccc1)C(C)(C)C.CCC.CCCC(NC=O)C(=O)C(=O)NCC. The highest BCUT2D eigenvalue weighted by atomic mass is 16.5. The Balaban J connectivity index is -0.000000401. The molecule has 57 heavy (non-hydrogen) atoms. The second kappa shape index (κ2) is 39.8. The summed E-state index contributed by atoms with van der Waals surface area (Å²) in [5.41, 5.74) is 0.420. The van der Waals surface area contributed by atoms with Crippen LogP contribution in [-0.2, 0) is 35.3 Å². The molecule has 1 aromatic rings. The number of carbonyl (C=O) groups is 6. The molecule has 3 rings (SSSR count). The third kappa shape index (κ3) is 30.4. The van der Waals surface area contributed by atoms with Crippen LogP contribution in [-0.4, -0.2) is 78.7 Å². The van der Waals surface area contributed by atoms with Crippen molar-refractivity contribution in [1.82, 2.24) is 26.2 Å². The van der Waals surface area contributed by atoms with Crippen molar-refractivity contribution in [3.8, 4) is 12.8 Å². The summed E-state index contributed by atoms with van der Waals surface area (Å²) in [6.45, 7) is 24.6. The van der Waals surface area contributed by atoms with Gasteiger partial charge in [-0.3, -0.25) is 24.0 Å². The fourth-order valence-corrected chi connectivity index (χ4v) is 5.33. The Morgan fingerprint density at radius 1 is 0.860 bits per heavy atom. The summed E-state index contributed by atoms with van der Waals surface area (Å²) in [5, 5.41) is 9.95. The van der Waals surface area contributed by atoms with Gasteiger partial charge in [-0.15, -0.1) is 12.8 Å². The summed E-state index contributed by atoms with van der Waals surface area (Å²) in [5.74, 6) is -1.84. The fourth-order valence-electron chi connectivity index (χ4n) is 5.33. The number of carbonyl (C=O) groups excluding carboxylic acids is 6. The molecule has 12 heteroatoms. The van der Waals surface area contributed by atoms with E-state index in [-0.39, 0.29) is 25.1 Å². The third-order valence-electron chi connectivity index (χ3n) is 8.08. The minimum absolute atomic E-state index is 0.0840. The van der Waals surface area contributed by atoms with Crippen LogP contribution in [0.4, 0.5) is 4.79 Å². The predicted octanol–water partition coefficient (Wildman–Crippen LogP) is 8.12. The number of benzene rings is 1. The average Bonchev–Trinajstić information content (AvgIpc) is 3.67. The Labute approximate surface area is 347 Å². The first-order valence-corrected chi connectivity index (χ1v) is 21.2. The van der Waals surface area contributed by atoms with Crippen LogP contribution in [0.1, 0.15) is 159 Å². The van der Waals surface area contributed by atoms with Crippen molar-refractivity contribution in [2.45, 2.75) is 178 Å². The second-order valence-electron chi connectivity index (χ2n) is 14.0. The van der Waals surface area contributed by atoms with Gasteiger partial charge >= 0.3 is 12.0 Å². The molecule has 2 fully saturated rings. The summed E-state index contributed by atoms with van der Waals surface area (Å²) >= 11 is 0. The Bertz CT molecular complexity index is 1190. The van der Waals surface area contributed by atoms with Crippen LogP contribution in [0, 0.1) is 18.3 Å². The van der Waals surface area contributed by atoms with Crippen molar-refractivity contribution in [3.05, 3.63) is 35.9 Å². The third-order valence-corrected chi connectivity index (χ3v) is 8.08. The zero-order valence-corrected chi connectivity index (χ0v) is 37.8. The average molecular weight is 804 g/mol. The first kappa shape index (κ1) is 59.3. The van der Waals surface area contributed by atoms with E-state index in [2.05, 4.69) is 48.0 Å². The molecule has 0 spiro atoms. The molecular formula is C45H81N5O7. The Morgan fingerprint density at radius 2 is 1.37 bits per heavy atom. The lowest BCUT2D eigenvalue weighted by Gasteiger charge is -2.35. The monoisotopic (exact) mass is 804 g/mol. The lowest BCUT2D eigenvalue weighted by atomic mass is 9.85. The standard InChI is InChI=1S/C21H31N3O4.C9H16N2O3.C6H12.C3H8.2C2H6.C2H2/c1-15-9-8-12-24(15)19(26)18(21(2,3)4)23-20(27)22-13-17(25)28-14-16-10-6-5-7-11-16;1-3-5-7(11-6-12)8(13)9(14)10-4-2;1-2-4-6-5-3-1;1-3-2;3*1-2/h5-7,10-11,15,18H,8-9,12-14H2,1-4H3,(H2,22,23,27);6-7H,3-5H2,1-2H3,(H,10,14)(H,11,12);1-6H2;3H2,1-2H3;2*1-2H3;1-2H. The zero-order valence-electron chi connectivity index (χ0n) is 37.8. The molecule has 1 heterocycles. The van der Waals surface area contributed by atoms with E-state index in [0.717, 1.165) is 24.8 Å². The predicted molar refractivity (Wildman–Crippen MR) is 234 cm³/mol. The highest BCUT2D eigenvalue weighted by Crippen LogP contribution is 2.25. The van der Waals surface area contributed by atoms with Gasteiger partial charge in [0.25, 0.3) is 5.91 Å². The van der Waals surface area contributed by atoms with E-state index in [1.54, 1.807) is 6.92 Å². The number of hydrogen-bond acceptors (Lipinski definition) is 7. The summed E-state index contributed by atoms with van der Waals surface area (Å²) in [6.07, 6.45) is 21.9. The van der Waals surface area contributed by atoms with Crippen LogP contribution in [0.15, 0.2) is 30.3 Å². The molecule has 5 amide bonds. The van der Waals surface area contributed by atoms with E-state index in [1.807, 2.05) is 97.5 Å². The molecule has 1 aliphatic heterocycles. The van der Waals surface area contributed by atoms with Crippen LogP contribution in [0.3, 0.4) is 0 Å². The molecule has 0 aromatic heterocycles. The molecule has 0 radical (unpaired) electrons. The maximum absolute atomic E-state index is 12.9. The lowest BCUT2D eigenvalue weighted by Crippen LogP contribution is -2.57. The smallest absolute Gasteiger partial charge is 0.325 e. The van der Waals surface area contributed by atoms with Crippen LogP contribution in [0.5, 0.6) is 0 Å². The highest BCUT2D eigenvalue weighted by molar-refractivity contribution is 6.38. The van der Waals surface area contributed by atoms with E-state index in [1.165, 1.54) is 44.9 Å². The summed E-state index contributed by atoms with van der Waals surface area (Å²) in [6, 6.07) is 7.56. The molecule has 1 aliphatic carbocycles. The number of likely N-dealkylation sites (tertiary alicyclic amines) is 1. The Morgan fingerprint density at radius 3 is 1.77 bits per heavy atom. The largest absolute Gasteiger partial charge is 0.460 e. The molecule has 1 aromatic carbocycles. The van der Waals surface area contributed by atoms with Crippen molar-refractivity contribution in [2.24, 2.45) is 5.41 Å². The maximum atomic E-state index is 12.9. The number of urea groups is 1. The molecular weight excluding hydrogens is 723 g/mol. The van der Waals surface area contributed by atoms with Crippen molar-refractivity contribution >= 4 is 36.0 Å². The van der Waals surface area contributed by atoms with Gasteiger partial charge < -0.3 is 30.9 Å². The van der Waals surface area contributed by atoms with E-state index < -0.39 is 41.2 Å². The van der Waals surface area contributed by atoms with Crippen molar-refractivity contribution in [1.29, 1.82) is 0 Å². The van der Waals surface area contributed by atoms with Crippen LogP contribution in [0.25, 0.3) is 0 Å². The van der Waals surface area contributed by atoms with Crippen molar-refractivity contribution < 1.29 is 33.5 Å². The molecule has 2 aliphatic rings. The number of Topliss-reactive ketones (excluding diaryl/α,β-unsaturated/α-hetero) is 1. The number of ether oxygens (including phenoxy) is 1. The van der Waals surface area contributed by atoms with Gasteiger partial charge in [0.05, 0.1) is 6.04 Å². The number of rotatable bonds is 13. The zero-order chi connectivity index (χ0) is 44.7. The van der Waals surface area contributed by atoms with Crippen LogP contribution in [0.2, 0.25) is 0 Å². The van der Waals surface area contributed by atoms with Gasteiger partial charge in [-0.1, -0.05) is 151 Å². The number of likely N-dealkylation sites (N-methyl/N-ethyl adjacent to an activating group) is 1. The first-order chi connectivity index (χ1) is 27.3. The molecule has 1 saturated heterocycles. The number of ketones is 1. The summed E-state index contributed by atoms with van der Waals surface area (Å²) in [4.78, 5) is 71.6. The molecule has 3 unspecified atom stereocenters. The normalized spacial score (nSPS) is 14.6. The fraction of sp³-hybridized carbons (Fsp3) is 0.689. The van der Waals surface area contributed by atoms with Gasteiger partial charge in [0.2, 0.25) is 18.1 Å². The minimum atomic E-state index is -0.691. The van der Waals surface area contributed by atoms with E-state index in [9.17, 15) is 28.8 Å². The maximum Gasteiger partial charge on any atom is 0.325 e. The Kier molecular flexibility index (Phi) is 41.4. The van der Waals surface area contributed by atoms with Crippen molar-refractivity contribution in [2.75, 3.05) is 19.6 Å². The Hall–Kier alpha value is -4.40. The topological polar surface area (TPSA) is 163 Å². The number of amides is 5. The van der Waals surface area contributed by atoms with E-state index >= 15 is 0 Å². The molecule has 12 nitrogen and oxygen atoms in total. The molecule has 328 valence electrons. The lowest BCUT2D eigenvalue weighted by molar-refractivity contribution is -0.143. The number of nitrogens with zero attached hydrogens (tertiary/aromatic N) is 1. The van der Waals surface area contributed by atoms with Gasteiger partial charge in [0.15, 0.2) is 0 Å². The number of nitrogens with one attached hydrogen (secondary N) is 4. The van der Waals surface area contributed by atoms with Gasteiger partial charge in [-0.2, -0.15) is 0 Å². The summed E-state index contributed by atoms with van der Waals surface area (Å²) < 4.78 is 5.14. The summed E-state index contributed by atoms with van der Waals surface area (Å²) in [7, 11) is 0. The molecule has 1 saturated carbocycles. The van der Waals surface area contributed by atoms with Gasteiger partial charge in [-0.05, 0) is 44.1 Å². The van der Waals surface area contributed by atoms with Crippen LogP contribution >= 0.6 is 0 Å². The van der Waals surface area contributed by atoms with Gasteiger partial charge in [-0.25, -0.2) is 4.79 Å². The molecule has 3 atom stereocenters. The van der Waals surface area contributed by atoms with Gasteiger partial charge in [0.1, 0.15) is 19.2 Å². The first-order valence-electron chi connectivity index (χ1n) is 21.2. The highest BCUT2D eigenvalue weighted by Gasteiger charge is 2.38. The van der Waals surface area contributed by atoms with Gasteiger partial charge in [0, 0.05) is 19.1 Å². The van der Waals surface area contributed by atoms with Crippen LogP contribution < -0.4 is 21.3 Å². The minimum Gasteiger partial charge on any atom is -0.460 e. The molecule has 0 bridgehead atoms.